The molecule has 0 bridgehead atoms. The van der Waals surface area contributed by atoms with E-state index in [1.807, 2.05) is 0 Å². The van der Waals surface area contributed by atoms with Crippen LogP contribution in [0.2, 0.25) is 0 Å². The molecule has 6 heteroatoms. The van der Waals surface area contributed by atoms with Crippen molar-refractivity contribution >= 4 is 12.0 Å². The minimum atomic E-state index is -1.25. The van der Waals surface area contributed by atoms with Gasteiger partial charge in [0, 0.05) is 6.54 Å². The molecule has 6 nitrogen and oxygen atoms in total. The number of aliphatic carboxylic acids is 1. The first-order chi connectivity index (χ1) is 11.6. The van der Waals surface area contributed by atoms with E-state index in [4.69, 9.17) is 19.8 Å². The fourth-order valence-corrected chi connectivity index (χ4v) is 2.67. The summed E-state index contributed by atoms with van der Waals surface area (Å²) in [7, 11) is 1.53. The van der Waals surface area contributed by atoms with Crippen LogP contribution in [0.25, 0.3) is 6.08 Å². The maximum atomic E-state index is 10.9. The van der Waals surface area contributed by atoms with Gasteiger partial charge in [0.05, 0.1) is 7.11 Å². The number of nitrogens with zero attached hydrogens (tertiary/aromatic N) is 2. The van der Waals surface area contributed by atoms with Gasteiger partial charge >= 0.3 is 5.97 Å². The summed E-state index contributed by atoms with van der Waals surface area (Å²) in [5.74, 6) is -0.121. The highest BCUT2D eigenvalue weighted by Crippen LogP contribution is 2.29. The van der Waals surface area contributed by atoms with Crippen LogP contribution >= 0.6 is 0 Å². The Labute approximate surface area is 141 Å². The third kappa shape index (κ3) is 5.00. The molecule has 1 aliphatic heterocycles. The van der Waals surface area contributed by atoms with Crippen LogP contribution in [0.4, 0.5) is 0 Å². The van der Waals surface area contributed by atoms with Gasteiger partial charge in [-0.15, -0.1) is 0 Å². The molecule has 24 heavy (non-hydrogen) atoms. The Bertz CT molecular complexity index is 643. The summed E-state index contributed by atoms with van der Waals surface area (Å²) in [5, 5.41) is 17.7. The van der Waals surface area contributed by atoms with E-state index in [9.17, 15) is 4.79 Å². The largest absolute Gasteiger partial charge is 0.493 e. The second-order valence-electron chi connectivity index (χ2n) is 5.64. The third-order valence-electron chi connectivity index (χ3n) is 3.96. The number of carboxylic acids is 1. The Kier molecular flexibility index (Phi) is 6.64. The lowest BCUT2D eigenvalue weighted by atomic mass is 10.1. The van der Waals surface area contributed by atoms with Crippen molar-refractivity contribution in [3.63, 3.8) is 0 Å². The summed E-state index contributed by atoms with van der Waals surface area (Å²) in [5.41, 5.74) is 0.255. The number of piperidine rings is 1. The van der Waals surface area contributed by atoms with Crippen molar-refractivity contribution in [3.8, 4) is 17.6 Å². The van der Waals surface area contributed by atoms with Crippen molar-refractivity contribution in [2.45, 2.75) is 19.3 Å². The summed E-state index contributed by atoms with van der Waals surface area (Å²) >= 11 is 0. The molecule has 1 aromatic carbocycles. The van der Waals surface area contributed by atoms with Gasteiger partial charge in [-0.3, -0.25) is 4.90 Å². The molecule has 1 aliphatic rings. The number of hydrogen-bond donors (Lipinski definition) is 1. The molecule has 0 saturated carbocycles. The van der Waals surface area contributed by atoms with Gasteiger partial charge in [-0.1, -0.05) is 12.5 Å². The molecule has 1 saturated heterocycles. The second-order valence-corrected chi connectivity index (χ2v) is 5.64. The van der Waals surface area contributed by atoms with E-state index >= 15 is 0 Å². The Hall–Kier alpha value is -2.52. The minimum Gasteiger partial charge on any atom is -0.493 e. The molecule has 1 N–H and O–H groups in total. The van der Waals surface area contributed by atoms with Gasteiger partial charge in [-0.2, -0.15) is 5.26 Å². The number of nitriles is 1. The fraction of sp³-hybridized carbons (Fsp3) is 0.444. The first kappa shape index (κ1) is 17.8. The van der Waals surface area contributed by atoms with Crippen molar-refractivity contribution in [2.75, 3.05) is 33.4 Å². The average Bonchev–Trinajstić information content (AvgIpc) is 2.61. The van der Waals surface area contributed by atoms with Crippen LogP contribution < -0.4 is 9.47 Å². The van der Waals surface area contributed by atoms with Crippen LogP contribution in [0.15, 0.2) is 23.8 Å². The van der Waals surface area contributed by atoms with Gasteiger partial charge in [0.15, 0.2) is 11.5 Å². The lowest BCUT2D eigenvalue weighted by Gasteiger charge is -2.26. The van der Waals surface area contributed by atoms with Gasteiger partial charge in [0.2, 0.25) is 0 Å². The zero-order chi connectivity index (χ0) is 17.4. The second kappa shape index (κ2) is 8.94. The molecule has 0 radical (unpaired) electrons. The van der Waals surface area contributed by atoms with E-state index < -0.39 is 5.97 Å². The molecule has 1 aromatic rings. The van der Waals surface area contributed by atoms with Crippen molar-refractivity contribution in [1.82, 2.24) is 4.90 Å². The number of rotatable bonds is 7. The van der Waals surface area contributed by atoms with Gasteiger partial charge in [-0.25, -0.2) is 4.79 Å². The molecule has 0 aromatic heterocycles. The van der Waals surface area contributed by atoms with Crippen molar-refractivity contribution in [2.24, 2.45) is 0 Å². The van der Waals surface area contributed by atoms with Gasteiger partial charge < -0.3 is 14.6 Å². The Morgan fingerprint density at radius 1 is 1.33 bits per heavy atom. The minimum absolute atomic E-state index is 0.323. The maximum absolute atomic E-state index is 10.9. The summed E-state index contributed by atoms with van der Waals surface area (Å²) in [4.78, 5) is 13.3. The Morgan fingerprint density at radius 2 is 2.08 bits per heavy atom. The van der Waals surface area contributed by atoms with Gasteiger partial charge in [0.25, 0.3) is 0 Å². The first-order valence-electron chi connectivity index (χ1n) is 8.02. The van der Waals surface area contributed by atoms with Crippen LogP contribution in [0.5, 0.6) is 11.5 Å². The molecular weight excluding hydrogens is 308 g/mol. The molecule has 0 spiro atoms. The zero-order valence-corrected chi connectivity index (χ0v) is 13.8. The van der Waals surface area contributed by atoms with Gasteiger partial charge in [0.1, 0.15) is 18.2 Å². The number of carboxylic acid groups (broad SMARTS) is 1. The predicted molar refractivity (Wildman–Crippen MR) is 90.0 cm³/mol. The molecule has 0 unspecified atom stereocenters. The number of carbonyl (C=O) groups is 1. The number of ether oxygens (including phenoxy) is 2. The molecule has 128 valence electrons. The highest BCUT2D eigenvalue weighted by molar-refractivity contribution is 5.96. The van der Waals surface area contributed by atoms with E-state index in [1.165, 1.54) is 32.4 Å². The molecule has 2 rings (SSSR count). The highest BCUT2D eigenvalue weighted by Gasteiger charge is 2.11. The van der Waals surface area contributed by atoms with E-state index in [-0.39, 0.29) is 5.57 Å². The standard InChI is InChI=1S/C18H22N2O4/c1-23-17-12-14(11-15(13-19)18(21)22)5-6-16(17)24-10-9-20-7-3-2-4-8-20/h5-6,11-12H,2-4,7-10H2,1H3,(H,21,22). The van der Waals surface area contributed by atoms with Crippen LogP contribution in [0, 0.1) is 11.3 Å². The lowest BCUT2D eigenvalue weighted by Crippen LogP contribution is -2.33. The first-order valence-corrected chi connectivity index (χ1v) is 8.02. The van der Waals surface area contributed by atoms with Crippen molar-refractivity contribution in [1.29, 1.82) is 5.26 Å². The summed E-state index contributed by atoms with van der Waals surface area (Å²) in [6, 6.07) is 6.76. The van der Waals surface area contributed by atoms with E-state index in [2.05, 4.69) is 4.90 Å². The monoisotopic (exact) mass is 330 g/mol. The topological polar surface area (TPSA) is 82.8 Å². The third-order valence-corrected chi connectivity index (χ3v) is 3.96. The Morgan fingerprint density at radius 3 is 2.71 bits per heavy atom. The number of hydrogen-bond acceptors (Lipinski definition) is 5. The van der Waals surface area contributed by atoms with Crippen molar-refractivity contribution in [3.05, 3.63) is 29.3 Å². The molecule has 0 atom stereocenters. The van der Waals surface area contributed by atoms with E-state index in [0.717, 1.165) is 19.6 Å². The Balaban J connectivity index is 2.00. The molecular formula is C18H22N2O4. The summed E-state index contributed by atoms with van der Waals surface area (Å²) < 4.78 is 11.1. The average molecular weight is 330 g/mol. The lowest BCUT2D eigenvalue weighted by molar-refractivity contribution is -0.132. The SMILES string of the molecule is COc1cc(C=C(C#N)C(=O)O)ccc1OCCN1CCCCC1. The van der Waals surface area contributed by atoms with Crippen LogP contribution in [0.3, 0.4) is 0 Å². The summed E-state index contributed by atoms with van der Waals surface area (Å²) in [6.45, 7) is 3.69. The zero-order valence-electron chi connectivity index (χ0n) is 13.8. The smallest absolute Gasteiger partial charge is 0.346 e. The molecule has 0 amide bonds. The van der Waals surface area contributed by atoms with E-state index in [0.29, 0.717) is 23.7 Å². The number of likely N-dealkylation sites (tertiary alicyclic amines) is 1. The molecule has 0 aliphatic carbocycles. The molecule has 1 fully saturated rings. The molecule has 1 heterocycles. The summed E-state index contributed by atoms with van der Waals surface area (Å²) in [6.07, 6.45) is 5.11. The van der Waals surface area contributed by atoms with Crippen LogP contribution in [-0.2, 0) is 4.79 Å². The normalized spacial score (nSPS) is 15.6. The van der Waals surface area contributed by atoms with Crippen molar-refractivity contribution < 1.29 is 19.4 Å². The number of methoxy groups -OCH3 is 1. The fourth-order valence-electron chi connectivity index (χ4n) is 2.67. The van der Waals surface area contributed by atoms with Crippen LogP contribution in [0.1, 0.15) is 24.8 Å². The predicted octanol–water partition coefficient (Wildman–Crippen LogP) is 2.55. The highest BCUT2D eigenvalue weighted by atomic mass is 16.5. The quantitative estimate of drug-likeness (QED) is 0.611. The van der Waals surface area contributed by atoms with Crippen LogP contribution in [-0.4, -0.2) is 49.3 Å². The van der Waals surface area contributed by atoms with E-state index in [1.54, 1.807) is 24.3 Å². The van der Waals surface area contributed by atoms with Gasteiger partial charge in [-0.05, 0) is 49.7 Å². The number of benzene rings is 1. The maximum Gasteiger partial charge on any atom is 0.346 e.